The van der Waals surface area contributed by atoms with Gasteiger partial charge in [0.15, 0.2) is 0 Å². The van der Waals surface area contributed by atoms with Gasteiger partial charge in [-0.1, -0.05) is 18.2 Å². The lowest BCUT2D eigenvalue weighted by molar-refractivity contribution is 0.183. The summed E-state index contributed by atoms with van der Waals surface area (Å²) < 4.78 is 5.91. The molecule has 0 aliphatic carbocycles. The molecule has 18 heavy (non-hydrogen) atoms. The molecule has 0 radical (unpaired) electrons. The molecule has 2 atom stereocenters. The molecule has 2 aromatic rings. The van der Waals surface area contributed by atoms with Gasteiger partial charge in [-0.25, -0.2) is 0 Å². The average Bonchev–Trinajstić information content (AvgIpc) is 2.89. The summed E-state index contributed by atoms with van der Waals surface area (Å²) in [4.78, 5) is 1.07. The normalized spacial score (nSPS) is 13.6. The fourth-order valence-electron chi connectivity index (χ4n) is 1.68. The average molecular weight is 258 g/mol. The third-order valence-electron chi connectivity index (χ3n) is 2.56. The summed E-state index contributed by atoms with van der Waals surface area (Å²) in [5.41, 5.74) is 6.49. The number of nitrogens with zero attached hydrogens (tertiary/aromatic N) is 1. The van der Waals surface area contributed by atoms with Gasteiger partial charge in [-0.15, -0.1) is 11.3 Å². The van der Waals surface area contributed by atoms with Gasteiger partial charge < -0.3 is 10.5 Å². The Morgan fingerprint density at radius 2 is 2.06 bits per heavy atom. The smallest absolute Gasteiger partial charge is 0.148 e. The molecule has 4 heteroatoms. The minimum Gasteiger partial charge on any atom is -0.482 e. The highest BCUT2D eigenvalue weighted by atomic mass is 32.1. The lowest BCUT2D eigenvalue weighted by atomic mass is 10.1. The first-order valence-corrected chi connectivity index (χ1v) is 6.55. The number of rotatable bonds is 4. The van der Waals surface area contributed by atoms with Crippen molar-refractivity contribution in [1.29, 1.82) is 5.26 Å². The van der Waals surface area contributed by atoms with Gasteiger partial charge in [0, 0.05) is 10.9 Å². The minimum atomic E-state index is -0.223. The first-order chi connectivity index (χ1) is 8.72. The van der Waals surface area contributed by atoms with Crippen LogP contribution >= 0.6 is 11.3 Å². The summed E-state index contributed by atoms with van der Waals surface area (Å²) in [6, 6.07) is 13.1. The highest BCUT2D eigenvalue weighted by Crippen LogP contribution is 2.29. The number of ether oxygens (including phenoxy) is 1. The number of thiophene rings is 1. The van der Waals surface area contributed by atoms with Crippen molar-refractivity contribution in [2.45, 2.75) is 19.1 Å². The largest absolute Gasteiger partial charge is 0.482 e. The van der Waals surface area contributed by atoms with Crippen LogP contribution in [0.2, 0.25) is 0 Å². The second-order valence-corrected chi connectivity index (χ2v) is 5.00. The highest BCUT2D eigenvalue weighted by Gasteiger charge is 2.20. The van der Waals surface area contributed by atoms with Crippen LogP contribution in [0, 0.1) is 11.3 Å². The van der Waals surface area contributed by atoms with E-state index in [1.54, 1.807) is 23.5 Å². The standard InChI is InChI=1S/C14H14N2OS/c1-10(16)14(13-7-4-8-18-13)17-12-6-3-2-5-11(12)9-15/h2-8,10,14H,16H2,1H3. The zero-order valence-electron chi connectivity index (χ0n) is 10.0. The first kappa shape index (κ1) is 12.6. The monoisotopic (exact) mass is 258 g/mol. The Balaban J connectivity index is 2.28. The SMILES string of the molecule is CC(N)C(Oc1ccccc1C#N)c1cccs1. The van der Waals surface area contributed by atoms with E-state index in [9.17, 15) is 0 Å². The second-order valence-electron chi connectivity index (χ2n) is 4.02. The molecule has 1 aromatic carbocycles. The maximum absolute atomic E-state index is 9.04. The Labute approximate surface area is 110 Å². The molecule has 0 saturated carbocycles. The summed E-state index contributed by atoms with van der Waals surface area (Å²) >= 11 is 1.60. The molecule has 0 aliphatic heterocycles. The topological polar surface area (TPSA) is 59.0 Å². The van der Waals surface area contributed by atoms with Crippen LogP contribution in [0.4, 0.5) is 0 Å². The number of hydrogen-bond acceptors (Lipinski definition) is 4. The summed E-state index contributed by atoms with van der Waals surface area (Å²) in [6.45, 7) is 1.90. The van der Waals surface area contributed by atoms with Crippen LogP contribution in [0.15, 0.2) is 41.8 Å². The van der Waals surface area contributed by atoms with Gasteiger partial charge in [0.25, 0.3) is 0 Å². The third-order valence-corrected chi connectivity index (χ3v) is 3.50. The number of para-hydroxylation sites is 1. The van der Waals surface area contributed by atoms with Crippen molar-refractivity contribution in [3.05, 3.63) is 52.2 Å². The third kappa shape index (κ3) is 2.70. The Morgan fingerprint density at radius 3 is 2.67 bits per heavy atom. The van der Waals surface area contributed by atoms with Crippen LogP contribution in [0.1, 0.15) is 23.5 Å². The van der Waals surface area contributed by atoms with E-state index >= 15 is 0 Å². The van der Waals surface area contributed by atoms with Crippen LogP contribution in [0.25, 0.3) is 0 Å². The molecule has 92 valence electrons. The van der Waals surface area contributed by atoms with Crippen molar-refractivity contribution in [1.82, 2.24) is 0 Å². The van der Waals surface area contributed by atoms with Crippen molar-refractivity contribution in [2.75, 3.05) is 0 Å². The van der Waals surface area contributed by atoms with E-state index in [2.05, 4.69) is 6.07 Å². The quantitative estimate of drug-likeness (QED) is 0.916. The summed E-state index contributed by atoms with van der Waals surface area (Å²) in [5.74, 6) is 0.579. The molecule has 0 amide bonds. The molecule has 0 spiro atoms. The number of nitrogens with two attached hydrogens (primary N) is 1. The number of hydrogen-bond donors (Lipinski definition) is 1. The molecular formula is C14H14N2OS. The molecule has 2 rings (SSSR count). The van der Waals surface area contributed by atoms with Crippen molar-refractivity contribution in [2.24, 2.45) is 5.73 Å². The molecule has 2 N–H and O–H groups in total. The maximum Gasteiger partial charge on any atom is 0.148 e. The lowest BCUT2D eigenvalue weighted by Crippen LogP contribution is -2.28. The van der Waals surface area contributed by atoms with Gasteiger partial charge >= 0.3 is 0 Å². The van der Waals surface area contributed by atoms with E-state index in [1.165, 1.54) is 0 Å². The van der Waals surface area contributed by atoms with Crippen LogP contribution in [-0.2, 0) is 0 Å². The zero-order chi connectivity index (χ0) is 13.0. The predicted molar refractivity (Wildman–Crippen MR) is 72.5 cm³/mol. The Hall–Kier alpha value is -1.83. The van der Waals surface area contributed by atoms with Crippen LogP contribution in [0.3, 0.4) is 0 Å². The predicted octanol–water partition coefficient (Wildman–Crippen LogP) is 3.09. The Morgan fingerprint density at radius 1 is 1.28 bits per heavy atom. The van der Waals surface area contributed by atoms with Gasteiger partial charge in [0.05, 0.1) is 5.56 Å². The van der Waals surface area contributed by atoms with Crippen molar-refractivity contribution < 1.29 is 4.74 Å². The van der Waals surface area contributed by atoms with Crippen molar-refractivity contribution in [3.8, 4) is 11.8 Å². The van der Waals surface area contributed by atoms with E-state index < -0.39 is 0 Å². The summed E-state index contributed by atoms with van der Waals surface area (Å²) in [5, 5.41) is 11.0. The molecule has 3 nitrogen and oxygen atoms in total. The highest BCUT2D eigenvalue weighted by molar-refractivity contribution is 7.10. The van der Waals surface area contributed by atoms with Crippen LogP contribution < -0.4 is 10.5 Å². The van der Waals surface area contributed by atoms with Gasteiger partial charge in [-0.2, -0.15) is 5.26 Å². The minimum absolute atomic E-state index is 0.143. The molecule has 0 bridgehead atoms. The van der Waals surface area contributed by atoms with E-state index in [0.29, 0.717) is 11.3 Å². The number of nitriles is 1. The molecule has 1 heterocycles. The van der Waals surface area contributed by atoms with E-state index in [1.807, 2.05) is 36.6 Å². The molecule has 0 fully saturated rings. The van der Waals surface area contributed by atoms with Crippen molar-refractivity contribution in [3.63, 3.8) is 0 Å². The van der Waals surface area contributed by atoms with Gasteiger partial charge in [-0.05, 0) is 30.5 Å². The first-order valence-electron chi connectivity index (χ1n) is 5.67. The maximum atomic E-state index is 9.04. The molecule has 0 saturated heterocycles. The van der Waals surface area contributed by atoms with Crippen molar-refractivity contribution >= 4 is 11.3 Å². The van der Waals surface area contributed by atoms with E-state index in [-0.39, 0.29) is 12.1 Å². The molecule has 1 aromatic heterocycles. The fraction of sp³-hybridized carbons (Fsp3) is 0.214. The lowest BCUT2D eigenvalue weighted by Gasteiger charge is -2.21. The Kier molecular flexibility index (Phi) is 3.98. The van der Waals surface area contributed by atoms with E-state index in [0.717, 1.165) is 4.88 Å². The number of benzene rings is 1. The summed E-state index contributed by atoms with van der Waals surface area (Å²) in [6.07, 6.45) is -0.223. The van der Waals surface area contributed by atoms with Gasteiger partial charge in [0.1, 0.15) is 17.9 Å². The van der Waals surface area contributed by atoms with Gasteiger partial charge in [0.2, 0.25) is 0 Å². The molecule has 0 aliphatic rings. The fourth-order valence-corrected chi connectivity index (χ4v) is 2.54. The molecule has 2 unspecified atom stereocenters. The summed E-state index contributed by atoms with van der Waals surface area (Å²) in [7, 11) is 0. The van der Waals surface area contributed by atoms with Gasteiger partial charge in [-0.3, -0.25) is 0 Å². The Bertz CT molecular complexity index is 543. The second kappa shape index (κ2) is 5.67. The van der Waals surface area contributed by atoms with E-state index in [4.69, 9.17) is 15.7 Å². The van der Waals surface area contributed by atoms with Crippen LogP contribution in [0.5, 0.6) is 5.75 Å². The zero-order valence-corrected chi connectivity index (χ0v) is 10.9. The van der Waals surface area contributed by atoms with Crippen LogP contribution in [-0.4, -0.2) is 6.04 Å². The molecular weight excluding hydrogens is 244 g/mol.